The van der Waals surface area contributed by atoms with Gasteiger partial charge < -0.3 is 14.7 Å². The van der Waals surface area contributed by atoms with Crippen LogP contribution >= 0.6 is 0 Å². The fourth-order valence-electron chi connectivity index (χ4n) is 3.61. The van der Waals surface area contributed by atoms with Gasteiger partial charge in [-0.15, -0.1) is 0 Å². The van der Waals surface area contributed by atoms with E-state index in [9.17, 15) is 9.50 Å². The highest BCUT2D eigenvalue weighted by Gasteiger charge is 2.26. The van der Waals surface area contributed by atoms with Crippen molar-refractivity contribution in [1.82, 2.24) is 4.90 Å². The first kappa shape index (κ1) is 17.9. The first-order valence-electron chi connectivity index (χ1n) is 8.98. The normalized spacial score (nSPS) is 17.9. The molecule has 2 aromatic carbocycles. The van der Waals surface area contributed by atoms with Crippen molar-refractivity contribution in [2.75, 3.05) is 26.7 Å². The largest absolute Gasteiger partial charge is 0.494 e. The van der Waals surface area contributed by atoms with Gasteiger partial charge in [0.1, 0.15) is 0 Å². The van der Waals surface area contributed by atoms with Crippen LogP contribution in [0.1, 0.15) is 42.4 Å². The van der Waals surface area contributed by atoms with Crippen molar-refractivity contribution in [1.29, 1.82) is 0 Å². The lowest BCUT2D eigenvalue weighted by molar-refractivity contribution is 0.109. The van der Waals surface area contributed by atoms with Crippen LogP contribution in [-0.4, -0.2) is 36.8 Å². The Kier molecular flexibility index (Phi) is 6.05. The molecule has 2 aromatic rings. The molecule has 0 radical (unpaired) electrons. The molecule has 25 heavy (non-hydrogen) atoms. The fraction of sp³-hybridized carbons (Fsp3) is 0.429. The second-order valence-electron chi connectivity index (χ2n) is 6.72. The van der Waals surface area contributed by atoms with Crippen LogP contribution < -0.4 is 4.74 Å². The number of nitrogens with zero attached hydrogens (tertiary/aromatic N) is 1. The van der Waals surface area contributed by atoms with Crippen LogP contribution in [0.15, 0.2) is 48.5 Å². The van der Waals surface area contributed by atoms with E-state index >= 15 is 0 Å². The molecule has 2 atom stereocenters. The zero-order valence-electron chi connectivity index (χ0n) is 14.7. The fourth-order valence-corrected chi connectivity index (χ4v) is 3.61. The van der Waals surface area contributed by atoms with Crippen molar-refractivity contribution < 1.29 is 14.2 Å². The smallest absolute Gasteiger partial charge is 0.165 e. The molecular formula is C21H26FNO2. The number of rotatable bonds is 6. The number of methoxy groups -OCH3 is 1. The zero-order valence-corrected chi connectivity index (χ0v) is 14.7. The monoisotopic (exact) mass is 343 g/mol. The number of ether oxygens (including phenoxy) is 1. The molecular weight excluding hydrogens is 317 g/mol. The van der Waals surface area contributed by atoms with Crippen LogP contribution in [0.3, 0.4) is 0 Å². The number of piperidine rings is 1. The lowest BCUT2D eigenvalue weighted by atomic mass is 9.88. The second-order valence-corrected chi connectivity index (χ2v) is 6.72. The van der Waals surface area contributed by atoms with E-state index in [4.69, 9.17) is 4.74 Å². The Balaban J connectivity index is 1.86. The predicted octanol–water partition coefficient (Wildman–Crippen LogP) is 4.14. The molecule has 3 rings (SSSR count). The molecule has 0 bridgehead atoms. The predicted molar refractivity (Wildman–Crippen MR) is 97.4 cm³/mol. The maximum absolute atomic E-state index is 14.1. The first-order chi connectivity index (χ1) is 12.2. The SMILES string of the molecule is COc1ccc(C(O)C(CN2CCCCC2)c2ccccc2)cc1F. The molecule has 0 spiro atoms. The minimum Gasteiger partial charge on any atom is -0.494 e. The third kappa shape index (κ3) is 4.39. The molecule has 0 aromatic heterocycles. The molecule has 1 N–H and O–H groups in total. The number of hydrogen-bond acceptors (Lipinski definition) is 3. The lowest BCUT2D eigenvalue weighted by Gasteiger charge is -2.33. The summed E-state index contributed by atoms with van der Waals surface area (Å²) in [6.07, 6.45) is 2.92. The van der Waals surface area contributed by atoms with Crippen LogP contribution in [0, 0.1) is 5.82 Å². The third-order valence-corrected chi connectivity index (χ3v) is 5.03. The summed E-state index contributed by atoms with van der Waals surface area (Å²) < 4.78 is 19.1. The van der Waals surface area contributed by atoms with Gasteiger partial charge in [0.05, 0.1) is 13.2 Å². The van der Waals surface area contributed by atoms with Crippen molar-refractivity contribution in [3.05, 3.63) is 65.5 Å². The van der Waals surface area contributed by atoms with E-state index in [1.807, 2.05) is 30.3 Å². The summed E-state index contributed by atoms with van der Waals surface area (Å²) in [5.74, 6) is -0.334. The van der Waals surface area contributed by atoms with Crippen molar-refractivity contribution in [2.45, 2.75) is 31.3 Å². The highest BCUT2D eigenvalue weighted by Crippen LogP contribution is 2.34. The van der Waals surface area contributed by atoms with Gasteiger partial charge >= 0.3 is 0 Å². The summed E-state index contributed by atoms with van der Waals surface area (Å²) in [6, 6.07) is 14.7. The summed E-state index contributed by atoms with van der Waals surface area (Å²) >= 11 is 0. The Morgan fingerprint density at radius 2 is 1.76 bits per heavy atom. The minimum absolute atomic E-state index is 0.0907. The summed E-state index contributed by atoms with van der Waals surface area (Å²) in [5.41, 5.74) is 1.67. The van der Waals surface area contributed by atoms with E-state index < -0.39 is 11.9 Å². The molecule has 4 heteroatoms. The zero-order chi connectivity index (χ0) is 17.6. The third-order valence-electron chi connectivity index (χ3n) is 5.03. The standard InChI is InChI=1S/C21H26FNO2/c1-25-20-11-10-17(14-19(20)22)21(24)18(16-8-4-2-5-9-16)15-23-12-6-3-7-13-23/h2,4-5,8-11,14,18,21,24H,3,6-7,12-13,15H2,1H3. The minimum atomic E-state index is -0.760. The highest BCUT2D eigenvalue weighted by atomic mass is 19.1. The van der Waals surface area contributed by atoms with Gasteiger partial charge in [-0.2, -0.15) is 0 Å². The van der Waals surface area contributed by atoms with Crippen LogP contribution in [-0.2, 0) is 0 Å². The molecule has 1 fully saturated rings. The molecule has 3 nitrogen and oxygen atoms in total. The summed E-state index contributed by atoms with van der Waals surface area (Å²) in [6.45, 7) is 2.90. The number of halogens is 1. The van der Waals surface area contributed by atoms with Crippen molar-refractivity contribution in [2.24, 2.45) is 0 Å². The van der Waals surface area contributed by atoms with Gasteiger partial charge in [-0.3, -0.25) is 0 Å². The van der Waals surface area contributed by atoms with Gasteiger partial charge in [0.15, 0.2) is 11.6 Å². The number of aliphatic hydroxyl groups is 1. The number of benzene rings is 2. The van der Waals surface area contributed by atoms with Crippen molar-refractivity contribution in [3.63, 3.8) is 0 Å². The van der Waals surface area contributed by atoms with E-state index in [1.54, 1.807) is 12.1 Å². The average Bonchev–Trinajstić information content (AvgIpc) is 2.67. The molecule has 0 aliphatic carbocycles. The van der Waals surface area contributed by atoms with Gasteiger partial charge in [-0.25, -0.2) is 4.39 Å². The molecule has 0 saturated carbocycles. The van der Waals surface area contributed by atoms with Crippen LogP contribution in [0.5, 0.6) is 5.75 Å². The van der Waals surface area contributed by atoms with Crippen molar-refractivity contribution in [3.8, 4) is 5.75 Å². The van der Waals surface area contributed by atoms with Crippen LogP contribution in [0.2, 0.25) is 0 Å². The summed E-state index contributed by atoms with van der Waals surface area (Å²) in [4.78, 5) is 2.41. The molecule has 1 aliphatic heterocycles. The maximum atomic E-state index is 14.1. The summed E-state index contributed by atoms with van der Waals surface area (Å²) in [7, 11) is 1.44. The molecule has 1 saturated heterocycles. The highest BCUT2D eigenvalue weighted by molar-refractivity contribution is 5.33. The average molecular weight is 343 g/mol. The second kappa shape index (κ2) is 8.45. The molecule has 1 aliphatic rings. The van der Waals surface area contributed by atoms with Gasteiger partial charge in [-0.1, -0.05) is 42.8 Å². The number of aliphatic hydroxyl groups excluding tert-OH is 1. The number of hydrogen-bond donors (Lipinski definition) is 1. The van der Waals surface area contributed by atoms with Gasteiger partial charge in [0.2, 0.25) is 0 Å². The van der Waals surface area contributed by atoms with Gasteiger partial charge in [0, 0.05) is 12.5 Å². The van der Waals surface area contributed by atoms with Crippen molar-refractivity contribution >= 4 is 0 Å². The Morgan fingerprint density at radius 1 is 1.04 bits per heavy atom. The maximum Gasteiger partial charge on any atom is 0.165 e. The lowest BCUT2D eigenvalue weighted by Crippen LogP contribution is -2.35. The first-order valence-corrected chi connectivity index (χ1v) is 8.98. The summed E-state index contributed by atoms with van der Waals surface area (Å²) in [5, 5.41) is 11.0. The number of likely N-dealkylation sites (tertiary alicyclic amines) is 1. The molecule has 134 valence electrons. The Morgan fingerprint density at radius 3 is 2.40 bits per heavy atom. The molecule has 1 heterocycles. The van der Waals surface area contributed by atoms with E-state index in [2.05, 4.69) is 4.90 Å². The quantitative estimate of drug-likeness (QED) is 0.856. The topological polar surface area (TPSA) is 32.7 Å². The van der Waals surface area contributed by atoms with Gasteiger partial charge in [-0.05, 0) is 49.2 Å². The Hall–Kier alpha value is -1.91. The van der Waals surface area contributed by atoms with E-state index in [0.29, 0.717) is 5.56 Å². The van der Waals surface area contributed by atoms with Gasteiger partial charge in [0.25, 0.3) is 0 Å². The molecule has 2 unspecified atom stereocenters. The Labute approximate surface area is 149 Å². The van der Waals surface area contributed by atoms with E-state index in [0.717, 1.165) is 25.2 Å². The Bertz CT molecular complexity index is 671. The van der Waals surface area contributed by atoms with Crippen LogP contribution in [0.25, 0.3) is 0 Å². The van der Waals surface area contributed by atoms with E-state index in [1.165, 1.54) is 32.4 Å². The molecule has 0 amide bonds. The van der Waals surface area contributed by atoms with Crippen LogP contribution in [0.4, 0.5) is 4.39 Å². The van der Waals surface area contributed by atoms with E-state index in [-0.39, 0.29) is 11.7 Å².